The van der Waals surface area contributed by atoms with Crippen LogP contribution in [0.15, 0.2) is 42.7 Å². The van der Waals surface area contributed by atoms with Crippen molar-refractivity contribution < 1.29 is 23.8 Å². The van der Waals surface area contributed by atoms with Gasteiger partial charge in [0.1, 0.15) is 12.4 Å². The van der Waals surface area contributed by atoms with Gasteiger partial charge in [-0.05, 0) is 50.1 Å². The van der Waals surface area contributed by atoms with Gasteiger partial charge in [0.15, 0.2) is 6.10 Å². The van der Waals surface area contributed by atoms with E-state index in [1.165, 1.54) is 19.3 Å². The highest BCUT2D eigenvalue weighted by Crippen LogP contribution is 2.17. The van der Waals surface area contributed by atoms with E-state index in [4.69, 9.17) is 14.2 Å². The normalized spacial score (nSPS) is 17.1. The largest absolute Gasteiger partial charge is 0.491 e. The summed E-state index contributed by atoms with van der Waals surface area (Å²) in [6.45, 7) is 2.75. The molecule has 1 aliphatic rings. The van der Waals surface area contributed by atoms with E-state index >= 15 is 0 Å². The zero-order chi connectivity index (χ0) is 19.1. The molecule has 0 saturated carbocycles. The number of amides is 1. The fraction of sp³-hybridized carbons (Fsp3) is 0.368. The van der Waals surface area contributed by atoms with Crippen molar-refractivity contribution in [2.75, 3.05) is 18.5 Å². The first-order valence-corrected chi connectivity index (χ1v) is 8.75. The summed E-state index contributed by atoms with van der Waals surface area (Å²) in [6.07, 6.45) is 4.20. The van der Waals surface area contributed by atoms with Gasteiger partial charge in [-0.25, -0.2) is 14.8 Å². The molecule has 0 spiro atoms. The van der Waals surface area contributed by atoms with Gasteiger partial charge in [0.25, 0.3) is 5.91 Å². The Bertz CT molecular complexity index is 761. The fourth-order valence-electron chi connectivity index (χ4n) is 2.51. The summed E-state index contributed by atoms with van der Waals surface area (Å²) in [4.78, 5) is 32.0. The minimum Gasteiger partial charge on any atom is -0.491 e. The summed E-state index contributed by atoms with van der Waals surface area (Å²) in [5.74, 6) is -0.310. The zero-order valence-electron chi connectivity index (χ0n) is 15.0. The van der Waals surface area contributed by atoms with Crippen molar-refractivity contribution >= 4 is 17.8 Å². The maximum Gasteiger partial charge on any atom is 0.338 e. The molecule has 3 rings (SSSR count). The number of hydrogen-bond acceptors (Lipinski definition) is 7. The highest BCUT2D eigenvalue weighted by molar-refractivity contribution is 5.96. The molecular formula is C19H21N3O5. The molecule has 1 aromatic carbocycles. The molecule has 8 nitrogen and oxygen atoms in total. The average molecular weight is 371 g/mol. The Hall–Kier alpha value is -3.00. The molecule has 2 heterocycles. The predicted molar refractivity (Wildman–Crippen MR) is 96.5 cm³/mol. The molecule has 1 fully saturated rings. The molecule has 0 aliphatic carbocycles. The van der Waals surface area contributed by atoms with Crippen molar-refractivity contribution in [3.05, 3.63) is 48.3 Å². The quantitative estimate of drug-likeness (QED) is 0.745. The number of benzene rings is 1. The van der Waals surface area contributed by atoms with Gasteiger partial charge in [0.05, 0.1) is 11.7 Å². The Labute approximate surface area is 156 Å². The van der Waals surface area contributed by atoms with Crippen LogP contribution in [0.2, 0.25) is 0 Å². The molecule has 0 radical (unpaired) electrons. The lowest BCUT2D eigenvalue weighted by atomic mass is 10.2. The van der Waals surface area contributed by atoms with Crippen LogP contribution in [0.25, 0.3) is 0 Å². The van der Waals surface area contributed by atoms with Crippen LogP contribution in [0.5, 0.6) is 5.75 Å². The van der Waals surface area contributed by atoms with Crippen LogP contribution < -0.4 is 10.1 Å². The molecule has 0 bridgehead atoms. The first-order valence-electron chi connectivity index (χ1n) is 8.75. The van der Waals surface area contributed by atoms with Gasteiger partial charge in [0, 0.05) is 19.0 Å². The Morgan fingerprint density at radius 3 is 2.67 bits per heavy atom. The van der Waals surface area contributed by atoms with Gasteiger partial charge in [-0.15, -0.1) is 0 Å². The van der Waals surface area contributed by atoms with Crippen molar-refractivity contribution in [3.8, 4) is 5.75 Å². The summed E-state index contributed by atoms with van der Waals surface area (Å²) in [5.41, 5.74) is 0.329. The molecule has 1 saturated heterocycles. The molecule has 2 aromatic rings. The number of carbonyl (C=O) groups excluding carboxylic acids is 2. The third-order valence-corrected chi connectivity index (χ3v) is 4.00. The second-order valence-electron chi connectivity index (χ2n) is 6.08. The molecule has 142 valence electrons. The number of ether oxygens (including phenoxy) is 3. The Kier molecular flexibility index (Phi) is 6.32. The van der Waals surface area contributed by atoms with E-state index in [9.17, 15) is 9.59 Å². The molecule has 1 N–H and O–H groups in total. The molecule has 8 heteroatoms. The summed E-state index contributed by atoms with van der Waals surface area (Å²) >= 11 is 0. The van der Waals surface area contributed by atoms with Crippen LogP contribution in [-0.2, 0) is 14.3 Å². The van der Waals surface area contributed by atoms with Gasteiger partial charge in [-0.3, -0.25) is 10.1 Å². The van der Waals surface area contributed by atoms with Crippen LogP contribution in [0.3, 0.4) is 0 Å². The van der Waals surface area contributed by atoms with Crippen molar-refractivity contribution in [2.24, 2.45) is 0 Å². The highest BCUT2D eigenvalue weighted by Gasteiger charge is 2.20. The van der Waals surface area contributed by atoms with E-state index < -0.39 is 18.0 Å². The topological polar surface area (TPSA) is 99.6 Å². The first-order chi connectivity index (χ1) is 13.1. The maximum atomic E-state index is 12.2. The second-order valence-corrected chi connectivity index (χ2v) is 6.08. The minimum atomic E-state index is -0.989. The predicted octanol–water partition coefficient (Wildman–Crippen LogP) is 2.22. The van der Waals surface area contributed by atoms with Crippen LogP contribution in [-0.4, -0.2) is 47.3 Å². The van der Waals surface area contributed by atoms with Crippen LogP contribution in [0.4, 0.5) is 5.95 Å². The van der Waals surface area contributed by atoms with Gasteiger partial charge < -0.3 is 14.2 Å². The number of aromatic nitrogens is 2. The van der Waals surface area contributed by atoms with Crippen LogP contribution >= 0.6 is 0 Å². The molecule has 1 amide bonds. The van der Waals surface area contributed by atoms with E-state index in [0.717, 1.165) is 19.4 Å². The summed E-state index contributed by atoms with van der Waals surface area (Å²) in [6, 6.07) is 8.20. The third-order valence-electron chi connectivity index (χ3n) is 4.00. The van der Waals surface area contributed by atoms with Gasteiger partial charge >= 0.3 is 5.97 Å². The maximum absolute atomic E-state index is 12.2. The Morgan fingerprint density at radius 1 is 1.26 bits per heavy atom. The van der Waals surface area contributed by atoms with E-state index in [1.807, 2.05) is 0 Å². The number of hydrogen-bond donors (Lipinski definition) is 1. The highest BCUT2D eigenvalue weighted by atomic mass is 16.5. The monoisotopic (exact) mass is 371 g/mol. The number of rotatable bonds is 7. The molecule has 1 aromatic heterocycles. The van der Waals surface area contributed by atoms with Gasteiger partial charge in [-0.2, -0.15) is 0 Å². The molecule has 2 atom stereocenters. The Balaban J connectivity index is 1.48. The van der Waals surface area contributed by atoms with E-state index in [2.05, 4.69) is 15.3 Å². The number of nitrogens with zero attached hydrogens (tertiary/aromatic N) is 2. The lowest BCUT2D eigenvalue weighted by molar-refractivity contribution is -0.123. The van der Waals surface area contributed by atoms with Crippen molar-refractivity contribution in [2.45, 2.75) is 32.0 Å². The summed E-state index contributed by atoms with van der Waals surface area (Å²) in [7, 11) is 0. The first kappa shape index (κ1) is 18.8. The summed E-state index contributed by atoms with van der Waals surface area (Å²) in [5, 5.41) is 2.48. The van der Waals surface area contributed by atoms with E-state index in [0.29, 0.717) is 17.9 Å². The van der Waals surface area contributed by atoms with Gasteiger partial charge in [-0.1, -0.05) is 0 Å². The molecule has 1 aliphatic heterocycles. The minimum absolute atomic E-state index is 0.127. The summed E-state index contributed by atoms with van der Waals surface area (Å²) < 4.78 is 16.3. The van der Waals surface area contributed by atoms with Gasteiger partial charge in [0.2, 0.25) is 5.95 Å². The SMILES string of the molecule is CC(OC(=O)c1ccc(OCC2CCCO2)cc1)C(=O)Nc1ncccn1. The fourth-order valence-corrected chi connectivity index (χ4v) is 2.51. The number of anilines is 1. The molecule has 2 unspecified atom stereocenters. The number of esters is 1. The molecule has 27 heavy (non-hydrogen) atoms. The van der Waals surface area contributed by atoms with Crippen LogP contribution in [0, 0.1) is 0 Å². The second kappa shape index (κ2) is 9.09. The average Bonchev–Trinajstić information content (AvgIpc) is 3.21. The third kappa shape index (κ3) is 5.49. The zero-order valence-corrected chi connectivity index (χ0v) is 15.0. The van der Waals surface area contributed by atoms with E-state index in [-0.39, 0.29) is 12.1 Å². The number of carbonyl (C=O) groups is 2. The number of nitrogens with one attached hydrogen (secondary N) is 1. The van der Waals surface area contributed by atoms with Crippen molar-refractivity contribution in [3.63, 3.8) is 0 Å². The smallest absolute Gasteiger partial charge is 0.338 e. The lowest BCUT2D eigenvalue weighted by Gasteiger charge is -2.13. The van der Waals surface area contributed by atoms with Crippen LogP contribution in [0.1, 0.15) is 30.1 Å². The standard InChI is InChI=1S/C19H21N3O5/c1-13(17(23)22-19-20-9-3-10-21-19)27-18(24)14-5-7-15(8-6-14)26-12-16-4-2-11-25-16/h3,5-10,13,16H,2,4,11-12H2,1H3,(H,20,21,22,23). The van der Waals surface area contributed by atoms with Crippen molar-refractivity contribution in [1.29, 1.82) is 0 Å². The molecular weight excluding hydrogens is 350 g/mol. The lowest BCUT2D eigenvalue weighted by Crippen LogP contribution is -2.30. The van der Waals surface area contributed by atoms with Crippen molar-refractivity contribution in [1.82, 2.24) is 9.97 Å². The van der Waals surface area contributed by atoms with E-state index in [1.54, 1.807) is 30.3 Å². The Morgan fingerprint density at radius 2 is 2.00 bits per heavy atom.